The van der Waals surface area contributed by atoms with Crippen molar-refractivity contribution in [1.29, 1.82) is 0 Å². The van der Waals surface area contributed by atoms with Gasteiger partial charge in [-0.05, 0) is 18.6 Å². The number of rotatable bonds is 4. The Morgan fingerprint density at radius 2 is 2.17 bits per heavy atom. The number of nitrogens with one attached hydrogen (secondary N) is 1. The molecule has 0 unspecified atom stereocenters. The third-order valence-corrected chi connectivity index (χ3v) is 4.60. The average Bonchev–Trinajstić information content (AvgIpc) is 3.04. The molecule has 2 aromatic heterocycles. The first-order valence-electron chi connectivity index (χ1n) is 7.35. The SMILES string of the molecule is CCc1nnc(NC(=O)c2cn(C)c3c(OC)cccc3c2=O)s1. The molecule has 0 radical (unpaired) electrons. The summed E-state index contributed by atoms with van der Waals surface area (Å²) in [6.07, 6.45) is 2.25. The van der Waals surface area contributed by atoms with E-state index in [1.807, 2.05) is 6.92 Å². The number of methoxy groups -OCH3 is 1. The molecule has 7 nitrogen and oxygen atoms in total. The molecule has 3 rings (SSSR count). The maximum absolute atomic E-state index is 12.7. The lowest BCUT2D eigenvalue weighted by Gasteiger charge is -2.11. The van der Waals surface area contributed by atoms with Gasteiger partial charge in [0.1, 0.15) is 16.3 Å². The van der Waals surface area contributed by atoms with Crippen LogP contribution in [-0.2, 0) is 13.5 Å². The monoisotopic (exact) mass is 344 g/mol. The lowest BCUT2D eigenvalue weighted by atomic mass is 10.1. The van der Waals surface area contributed by atoms with E-state index in [4.69, 9.17) is 4.74 Å². The van der Waals surface area contributed by atoms with Gasteiger partial charge in [-0.1, -0.05) is 24.3 Å². The van der Waals surface area contributed by atoms with Gasteiger partial charge in [-0.15, -0.1) is 10.2 Å². The smallest absolute Gasteiger partial charge is 0.262 e. The number of aromatic nitrogens is 3. The van der Waals surface area contributed by atoms with Crippen LogP contribution in [-0.4, -0.2) is 27.8 Å². The number of nitrogens with zero attached hydrogens (tertiary/aromatic N) is 3. The number of hydrogen-bond acceptors (Lipinski definition) is 6. The summed E-state index contributed by atoms with van der Waals surface area (Å²) in [6, 6.07) is 5.18. The molecule has 2 heterocycles. The average molecular weight is 344 g/mol. The highest BCUT2D eigenvalue weighted by Crippen LogP contribution is 2.23. The topological polar surface area (TPSA) is 86.1 Å². The molecule has 0 aliphatic rings. The van der Waals surface area contributed by atoms with Gasteiger partial charge >= 0.3 is 0 Å². The van der Waals surface area contributed by atoms with Crippen molar-refractivity contribution in [3.63, 3.8) is 0 Å². The van der Waals surface area contributed by atoms with Gasteiger partial charge in [-0.3, -0.25) is 14.9 Å². The number of ether oxygens (including phenoxy) is 1. The Kier molecular flexibility index (Phi) is 4.30. The molecule has 0 saturated carbocycles. The minimum Gasteiger partial charge on any atom is -0.495 e. The fourth-order valence-corrected chi connectivity index (χ4v) is 3.14. The number of amides is 1. The van der Waals surface area contributed by atoms with Crippen molar-refractivity contribution in [2.75, 3.05) is 12.4 Å². The second-order valence-corrected chi connectivity index (χ2v) is 6.21. The molecule has 24 heavy (non-hydrogen) atoms. The number of para-hydroxylation sites is 1. The van der Waals surface area contributed by atoms with E-state index in [0.29, 0.717) is 21.8 Å². The third-order valence-electron chi connectivity index (χ3n) is 3.62. The Bertz CT molecular complexity index is 977. The number of pyridine rings is 1. The summed E-state index contributed by atoms with van der Waals surface area (Å²) >= 11 is 1.29. The van der Waals surface area contributed by atoms with Gasteiger partial charge in [0, 0.05) is 13.2 Å². The quantitative estimate of drug-likeness (QED) is 0.784. The number of carbonyl (C=O) groups excluding carboxylic acids is 1. The lowest BCUT2D eigenvalue weighted by molar-refractivity contribution is 0.102. The van der Waals surface area contributed by atoms with E-state index >= 15 is 0 Å². The van der Waals surface area contributed by atoms with E-state index in [0.717, 1.165) is 11.4 Å². The van der Waals surface area contributed by atoms with E-state index in [9.17, 15) is 9.59 Å². The van der Waals surface area contributed by atoms with E-state index in [2.05, 4.69) is 15.5 Å². The van der Waals surface area contributed by atoms with Gasteiger partial charge < -0.3 is 9.30 Å². The van der Waals surface area contributed by atoms with E-state index < -0.39 is 5.91 Å². The molecule has 0 saturated heterocycles. The van der Waals surface area contributed by atoms with E-state index in [1.165, 1.54) is 17.5 Å². The summed E-state index contributed by atoms with van der Waals surface area (Å²) in [5, 5.41) is 12.1. The van der Waals surface area contributed by atoms with Crippen LogP contribution in [0.25, 0.3) is 10.9 Å². The molecule has 0 aliphatic carbocycles. The van der Waals surface area contributed by atoms with Crippen molar-refractivity contribution >= 4 is 33.3 Å². The largest absolute Gasteiger partial charge is 0.495 e. The number of carbonyl (C=O) groups is 1. The second-order valence-electron chi connectivity index (χ2n) is 5.15. The zero-order valence-corrected chi connectivity index (χ0v) is 14.3. The molecule has 1 aromatic carbocycles. The lowest BCUT2D eigenvalue weighted by Crippen LogP contribution is -2.23. The summed E-state index contributed by atoms with van der Waals surface area (Å²) < 4.78 is 7.01. The maximum Gasteiger partial charge on any atom is 0.262 e. The molecule has 0 bridgehead atoms. The second kappa shape index (κ2) is 6.40. The summed E-state index contributed by atoms with van der Waals surface area (Å²) in [5.74, 6) is 0.0786. The standard InChI is InChI=1S/C16H16N4O3S/c1-4-12-18-19-16(24-12)17-15(22)10-8-20(2)13-9(14(10)21)6-5-7-11(13)23-3/h5-8H,4H2,1-3H3,(H,17,19,22). The molecule has 0 spiro atoms. The Labute approximate surface area is 141 Å². The molecule has 8 heteroatoms. The summed E-state index contributed by atoms with van der Waals surface area (Å²) in [5.41, 5.74) is 0.344. The van der Waals surface area contributed by atoms with Crippen LogP contribution in [0.5, 0.6) is 5.75 Å². The van der Waals surface area contributed by atoms with Crippen LogP contribution < -0.4 is 15.5 Å². The van der Waals surface area contributed by atoms with Crippen LogP contribution in [0.2, 0.25) is 0 Å². The molecule has 3 aromatic rings. The van der Waals surface area contributed by atoms with Crippen LogP contribution in [0.15, 0.2) is 29.2 Å². The highest BCUT2D eigenvalue weighted by molar-refractivity contribution is 7.15. The van der Waals surface area contributed by atoms with Crippen molar-refractivity contribution in [2.45, 2.75) is 13.3 Å². The van der Waals surface area contributed by atoms with E-state index in [-0.39, 0.29) is 11.0 Å². The van der Waals surface area contributed by atoms with Crippen LogP contribution in [0.3, 0.4) is 0 Å². The minimum atomic E-state index is -0.501. The van der Waals surface area contributed by atoms with Crippen molar-refractivity contribution in [1.82, 2.24) is 14.8 Å². The fraction of sp³-hybridized carbons (Fsp3) is 0.250. The number of fused-ring (bicyclic) bond motifs is 1. The molecule has 124 valence electrons. The maximum atomic E-state index is 12.7. The van der Waals surface area contributed by atoms with Crippen LogP contribution in [0.1, 0.15) is 22.3 Å². The van der Waals surface area contributed by atoms with Gasteiger partial charge in [0.05, 0.1) is 18.0 Å². The van der Waals surface area contributed by atoms with Gasteiger partial charge in [0.25, 0.3) is 5.91 Å². The van der Waals surface area contributed by atoms with Crippen molar-refractivity contribution in [3.05, 3.63) is 45.2 Å². The summed E-state index contributed by atoms with van der Waals surface area (Å²) in [7, 11) is 3.31. The molecular weight excluding hydrogens is 328 g/mol. The van der Waals surface area contributed by atoms with Crippen LogP contribution >= 0.6 is 11.3 Å². The number of benzene rings is 1. The first-order chi connectivity index (χ1) is 11.5. The van der Waals surface area contributed by atoms with Gasteiger partial charge in [0.15, 0.2) is 0 Å². The van der Waals surface area contributed by atoms with Gasteiger partial charge in [-0.2, -0.15) is 0 Å². The molecule has 1 amide bonds. The third kappa shape index (κ3) is 2.76. The number of aryl methyl sites for hydroxylation is 2. The number of anilines is 1. The van der Waals surface area contributed by atoms with Crippen molar-refractivity contribution < 1.29 is 9.53 Å². The predicted octanol–water partition coefficient (Wildman–Crippen LogP) is 2.21. The Morgan fingerprint density at radius 3 is 2.83 bits per heavy atom. The van der Waals surface area contributed by atoms with Gasteiger partial charge in [0.2, 0.25) is 10.6 Å². The summed E-state index contributed by atoms with van der Waals surface area (Å²) in [6.45, 7) is 1.96. The van der Waals surface area contributed by atoms with Crippen LogP contribution in [0.4, 0.5) is 5.13 Å². The molecule has 0 atom stereocenters. The molecule has 0 aliphatic heterocycles. The fourth-order valence-electron chi connectivity index (χ4n) is 2.47. The first-order valence-corrected chi connectivity index (χ1v) is 8.16. The zero-order valence-electron chi connectivity index (χ0n) is 13.5. The van der Waals surface area contributed by atoms with Crippen molar-refractivity contribution in [3.8, 4) is 5.75 Å². The Morgan fingerprint density at radius 1 is 1.38 bits per heavy atom. The first kappa shape index (κ1) is 16.1. The molecular formula is C16H16N4O3S. The molecule has 1 N–H and O–H groups in total. The zero-order chi connectivity index (χ0) is 17.3. The summed E-state index contributed by atoms with van der Waals surface area (Å²) in [4.78, 5) is 25.1. The highest BCUT2D eigenvalue weighted by atomic mass is 32.1. The van der Waals surface area contributed by atoms with E-state index in [1.54, 1.807) is 36.9 Å². The van der Waals surface area contributed by atoms with Crippen LogP contribution in [0, 0.1) is 0 Å². The van der Waals surface area contributed by atoms with Gasteiger partial charge in [-0.25, -0.2) is 0 Å². The predicted molar refractivity (Wildman–Crippen MR) is 93.0 cm³/mol. The number of hydrogen-bond donors (Lipinski definition) is 1. The highest BCUT2D eigenvalue weighted by Gasteiger charge is 2.18. The Hall–Kier alpha value is -2.74. The minimum absolute atomic E-state index is 0.0477. The normalized spacial score (nSPS) is 10.8. The van der Waals surface area contributed by atoms with Crippen molar-refractivity contribution in [2.24, 2.45) is 7.05 Å². The molecule has 0 fully saturated rings. The Balaban J connectivity index is 2.05.